The predicted molar refractivity (Wildman–Crippen MR) is 91.9 cm³/mol. The van der Waals surface area contributed by atoms with E-state index >= 15 is 0 Å². The van der Waals surface area contributed by atoms with Crippen LogP contribution >= 0.6 is 15.9 Å². The fourth-order valence-corrected chi connectivity index (χ4v) is 4.43. The zero-order chi connectivity index (χ0) is 18.1. The van der Waals surface area contributed by atoms with E-state index in [9.17, 15) is 14.4 Å². The Morgan fingerprint density at radius 1 is 1.16 bits per heavy atom. The van der Waals surface area contributed by atoms with Crippen LogP contribution in [-0.2, 0) is 28.6 Å². The van der Waals surface area contributed by atoms with E-state index < -0.39 is 29.0 Å². The molecule has 2 aliphatic heterocycles. The molecule has 4 bridgehead atoms. The fourth-order valence-electron chi connectivity index (χ4n) is 4.33. The summed E-state index contributed by atoms with van der Waals surface area (Å²) in [4.78, 5) is 36.2. The quantitative estimate of drug-likeness (QED) is 0.376. The number of rotatable bonds is 6. The van der Waals surface area contributed by atoms with Crippen LogP contribution in [0.25, 0.3) is 0 Å². The summed E-state index contributed by atoms with van der Waals surface area (Å²) in [5, 5.41) is 0. The molecule has 7 unspecified atom stereocenters. The molecule has 0 aromatic carbocycles. The first kappa shape index (κ1) is 18.7. The zero-order valence-corrected chi connectivity index (χ0v) is 16.2. The van der Waals surface area contributed by atoms with Crippen LogP contribution in [-0.4, -0.2) is 41.0 Å². The molecule has 7 heteroatoms. The van der Waals surface area contributed by atoms with Gasteiger partial charge in [-0.15, -0.1) is 0 Å². The average molecular weight is 417 g/mol. The Balaban J connectivity index is 1.65. The second-order valence-corrected chi connectivity index (χ2v) is 8.46. The van der Waals surface area contributed by atoms with E-state index in [1.807, 2.05) is 6.92 Å². The Kier molecular flexibility index (Phi) is 5.71. The molecule has 2 aliphatic carbocycles. The van der Waals surface area contributed by atoms with Crippen molar-refractivity contribution in [3.63, 3.8) is 0 Å². The molecular weight excluding hydrogens is 392 g/mol. The first-order valence-corrected chi connectivity index (χ1v) is 10.1. The minimum Gasteiger partial charge on any atom is -0.458 e. The summed E-state index contributed by atoms with van der Waals surface area (Å²) in [7, 11) is 0. The number of hydrogen-bond donors (Lipinski definition) is 0. The first-order valence-electron chi connectivity index (χ1n) is 9.18. The van der Waals surface area contributed by atoms with E-state index in [0.29, 0.717) is 18.8 Å². The standard InChI is InChI=1S/C18H25BrO6/c1-3-12(19)17(21)23-13(4-2)18(22)25-15-10-5-9-6-11(8-10)16(20)24-14(15)7-9/h9-15H,3-8H2,1-2H3. The smallest absolute Gasteiger partial charge is 0.347 e. The van der Waals surface area contributed by atoms with Crippen LogP contribution in [0.4, 0.5) is 0 Å². The van der Waals surface area contributed by atoms with E-state index in [4.69, 9.17) is 14.2 Å². The van der Waals surface area contributed by atoms with Gasteiger partial charge in [-0.05, 0) is 44.4 Å². The van der Waals surface area contributed by atoms with Gasteiger partial charge in [0.15, 0.2) is 6.10 Å². The minimum absolute atomic E-state index is 0.0593. The number of halogens is 1. The van der Waals surface area contributed by atoms with Gasteiger partial charge in [-0.25, -0.2) is 4.79 Å². The molecule has 0 N–H and O–H groups in total. The van der Waals surface area contributed by atoms with Gasteiger partial charge < -0.3 is 14.2 Å². The first-order chi connectivity index (χ1) is 11.9. The highest BCUT2D eigenvalue weighted by Gasteiger charge is 2.52. The Hall–Kier alpha value is -1.11. The van der Waals surface area contributed by atoms with Crippen molar-refractivity contribution >= 4 is 33.8 Å². The second-order valence-electron chi connectivity index (χ2n) is 7.35. The van der Waals surface area contributed by atoms with E-state index in [1.54, 1.807) is 6.92 Å². The molecule has 7 atom stereocenters. The van der Waals surface area contributed by atoms with E-state index in [1.165, 1.54) is 0 Å². The average Bonchev–Trinajstić information content (AvgIpc) is 2.76. The molecule has 0 amide bonds. The van der Waals surface area contributed by atoms with Crippen molar-refractivity contribution in [1.29, 1.82) is 0 Å². The lowest BCUT2D eigenvalue weighted by Gasteiger charge is -2.41. The van der Waals surface area contributed by atoms with Gasteiger partial charge in [-0.1, -0.05) is 29.8 Å². The summed E-state index contributed by atoms with van der Waals surface area (Å²) in [5.41, 5.74) is 0. The SMILES string of the molecule is CCC(Br)C(=O)OC(CC)C(=O)OC1C2CC3CC(C2)C(=O)OC1C3. The van der Waals surface area contributed by atoms with Gasteiger partial charge in [0.25, 0.3) is 0 Å². The Bertz CT molecular complexity index is 550. The lowest BCUT2D eigenvalue weighted by atomic mass is 9.67. The molecule has 25 heavy (non-hydrogen) atoms. The number of fused-ring (bicyclic) bond motifs is 1. The van der Waals surface area contributed by atoms with Crippen molar-refractivity contribution in [2.24, 2.45) is 17.8 Å². The monoisotopic (exact) mass is 416 g/mol. The van der Waals surface area contributed by atoms with Crippen molar-refractivity contribution in [2.45, 2.75) is 75.5 Å². The molecule has 0 aromatic rings. The molecule has 2 saturated carbocycles. The van der Waals surface area contributed by atoms with Crippen LogP contribution in [0, 0.1) is 17.8 Å². The van der Waals surface area contributed by atoms with Crippen molar-refractivity contribution in [1.82, 2.24) is 0 Å². The second kappa shape index (κ2) is 7.64. The molecular formula is C18H25BrO6. The van der Waals surface area contributed by atoms with Crippen LogP contribution in [0.15, 0.2) is 0 Å². The van der Waals surface area contributed by atoms with Crippen molar-refractivity contribution in [3.8, 4) is 0 Å². The maximum atomic E-state index is 12.6. The summed E-state index contributed by atoms with van der Waals surface area (Å²) in [6.07, 6.45) is 2.57. The summed E-state index contributed by atoms with van der Waals surface area (Å²) in [6, 6.07) is 0. The highest BCUT2D eigenvalue weighted by atomic mass is 79.9. The van der Waals surface area contributed by atoms with Crippen molar-refractivity contribution in [2.75, 3.05) is 0 Å². The topological polar surface area (TPSA) is 78.9 Å². The highest BCUT2D eigenvalue weighted by Crippen LogP contribution is 2.48. The van der Waals surface area contributed by atoms with Gasteiger partial charge in [-0.3, -0.25) is 9.59 Å². The maximum absolute atomic E-state index is 12.6. The molecule has 4 fully saturated rings. The lowest BCUT2D eigenvalue weighted by molar-refractivity contribution is -0.185. The molecule has 0 spiro atoms. The Labute approximate surface area is 156 Å². The molecule has 0 aromatic heterocycles. The third kappa shape index (κ3) is 3.86. The van der Waals surface area contributed by atoms with Crippen LogP contribution in [0.5, 0.6) is 0 Å². The summed E-state index contributed by atoms with van der Waals surface area (Å²) >= 11 is 3.23. The molecule has 4 aliphatic rings. The van der Waals surface area contributed by atoms with Gasteiger partial charge in [-0.2, -0.15) is 0 Å². The van der Waals surface area contributed by atoms with Crippen LogP contribution < -0.4 is 0 Å². The van der Waals surface area contributed by atoms with Crippen LogP contribution in [0.2, 0.25) is 0 Å². The fraction of sp³-hybridized carbons (Fsp3) is 0.833. The molecule has 0 radical (unpaired) electrons. The number of alkyl halides is 1. The van der Waals surface area contributed by atoms with Crippen molar-refractivity contribution < 1.29 is 28.6 Å². The number of esters is 3. The van der Waals surface area contributed by atoms with Gasteiger partial charge in [0.2, 0.25) is 0 Å². The molecule has 6 nitrogen and oxygen atoms in total. The third-order valence-electron chi connectivity index (χ3n) is 5.60. The third-order valence-corrected chi connectivity index (χ3v) is 6.62. The summed E-state index contributed by atoms with van der Waals surface area (Å²) in [6.45, 7) is 3.63. The molecule has 2 heterocycles. The largest absolute Gasteiger partial charge is 0.458 e. The number of hydrogen-bond acceptors (Lipinski definition) is 6. The summed E-state index contributed by atoms with van der Waals surface area (Å²) < 4.78 is 16.6. The molecule has 140 valence electrons. The highest BCUT2D eigenvalue weighted by molar-refractivity contribution is 9.10. The maximum Gasteiger partial charge on any atom is 0.347 e. The molecule has 4 rings (SSSR count). The summed E-state index contributed by atoms with van der Waals surface area (Å²) in [5.74, 6) is -0.574. The normalized spacial score (nSPS) is 35.5. The molecule has 2 saturated heterocycles. The minimum atomic E-state index is -0.923. The van der Waals surface area contributed by atoms with E-state index in [0.717, 1.165) is 25.7 Å². The van der Waals surface area contributed by atoms with Crippen molar-refractivity contribution in [3.05, 3.63) is 0 Å². The van der Waals surface area contributed by atoms with Crippen LogP contribution in [0.1, 0.15) is 52.4 Å². The lowest BCUT2D eigenvalue weighted by Crippen LogP contribution is -2.47. The van der Waals surface area contributed by atoms with Crippen LogP contribution in [0.3, 0.4) is 0 Å². The van der Waals surface area contributed by atoms with E-state index in [-0.39, 0.29) is 23.9 Å². The predicted octanol–water partition coefficient (Wildman–Crippen LogP) is 2.76. The Morgan fingerprint density at radius 3 is 2.60 bits per heavy atom. The van der Waals surface area contributed by atoms with E-state index in [2.05, 4.69) is 15.9 Å². The van der Waals surface area contributed by atoms with Gasteiger partial charge in [0.1, 0.15) is 17.0 Å². The number of ether oxygens (including phenoxy) is 3. The Morgan fingerprint density at radius 2 is 1.92 bits per heavy atom. The number of carbonyl (C=O) groups is 3. The zero-order valence-electron chi connectivity index (χ0n) is 14.6. The van der Waals surface area contributed by atoms with Gasteiger partial charge in [0.05, 0.1) is 5.92 Å². The number of carbonyl (C=O) groups excluding carboxylic acids is 3. The van der Waals surface area contributed by atoms with Gasteiger partial charge in [0, 0.05) is 5.92 Å². The van der Waals surface area contributed by atoms with Gasteiger partial charge >= 0.3 is 17.9 Å².